The fraction of sp³-hybridized carbons (Fsp3) is 0.333. The molecule has 2 aliphatic rings. The molecule has 0 fully saturated rings. The van der Waals surface area contributed by atoms with E-state index in [1.54, 1.807) is 0 Å². The number of fused-ring (bicyclic) bond motifs is 2. The Morgan fingerprint density at radius 2 is 1.91 bits per heavy atom. The maximum atomic E-state index is 5.92. The normalized spacial score (nSPS) is 16.6. The standard InChI is InChI=1S/C18H22N4O.H2/c1-2-7-22-8-9-23-18-6-4-13(10-15(18)12-22)14-3-5-16-17(11-14)20-21-19-16;/h3-6,10-11,19-21H,2,7-9,12H2,1H3;1H. The lowest BCUT2D eigenvalue weighted by molar-refractivity contribution is 0.226. The molecule has 0 aliphatic carbocycles. The Morgan fingerprint density at radius 1 is 1.09 bits per heavy atom. The summed E-state index contributed by atoms with van der Waals surface area (Å²) < 4.78 is 5.92. The minimum Gasteiger partial charge on any atom is -0.492 e. The lowest BCUT2D eigenvalue weighted by Gasteiger charge is -2.18. The van der Waals surface area contributed by atoms with Crippen molar-refractivity contribution < 1.29 is 6.16 Å². The quantitative estimate of drug-likeness (QED) is 0.810. The Labute approximate surface area is 138 Å². The smallest absolute Gasteiger partial charge is 0.123 e. The van der Waals surface area contributed by atoms with E-state index in [0.29, 0.717) is 0 Å². The van der Waals surface area contributed by atoms with Gasteiger partial charge in [0.1, 0.15) is 12.4 Å². The highest BCUT2D eigenvalue weighted by atomic mass is 16.5. The number of hydrogen-bond donors (Lipinski definition) is 3. The molecule has 122 valence electrons. The first kappa shape index (κ1) is 14.4. The number of hydrazine groups is 2. The van der Waals surface area contributed by atoms with Crippen molar-refractivity contribution in [3.05, 3.63) is 42.0 Å². The maximum absolute atomic E-state index is 5.92. The molecule has 3 N–H and O–H groups in total. The van der Waals surface area contributed by atoms with Crippen molar-refractivity contribution in [1.29, 1.82) is 0 Å². The average Bonchev–Trinajstić information content (AvgIpc) is 2.94. The monoisotopic (exact) mass is 312 g/mol. The zero-order chi connectivity index (χ0) is 15.6. The van der Waals surface area contributed by atoms with E-state index in [2.05, 4.69) is 64.6 Å². The topological polar surface area (TPSA) is 48.6 Å². The van der Waals surface area contributed by atoms with Gasteiger partial charge in [-0.25, -0.2) is 0 Å². The second-order valence-electron chi connectivity index (χ2n) is 6.08. The molecular formula is C18H24N4O. The molecule has 0 saturated carbocycles. The largest absolute Gasteiger partial charge is 0.492 e. The van der Waals surface area contributed by atoms with Crippen LogP contribution in [0.1, 0.15) is 20.3 Å². The maximum Gasteiger partial charge on any atom is 0.123 e. The molecule has 0 atom stereocenters. The second kappa shape index (κ2) is 6.10. The zero-order valence-electron chi connectivity index (χ0n) is 13.4. The molecule has 5 heteroatoms. The number of hydrogen-bond acceptors (Lipinski definition) is 5. The molecule has 0 radical (unpaired) electrons. The minimum atomic E-state index is 0. The summed E-state index contributed by atoms with van der Waals surface area (Å²) in [4.78, 5) is 2.47. The highest BCUT2D eigenvalue weighted by molar-refractivity contribution is 5.79. The molecule has 2 aromatic carbocycles. The van der Waals surface area contributed by atoms with Gasteiger partial charge in [0.2, 0.25) is 0 Å². The average molecular weight is 312 g/mol. The first-order valence-corrected chi connectivity index (χ1v) is 8.23. The van der Waals surface area contributed by atoms with Crippen molar-refractivity contribution in [1.82, 2.24) is 10.4 Å². The molecular weight excluding hydrogens is 288 g/mol. The molecule has 5 nitrogen and oxygen atoms in total. The summed E-state index contributed by atoms with van der Waals surface area (Å²) in [6.07, 6.45) is 1.17. The molecule has 0 amide bonds. The van der Waals surface area contributed by atoms with Crippen molar-refractivity contribution in [3.8, 4) is 16.9 Å². The molecule has 0 bridgehead atoms. The van der Waals surface area contributed by atoms with Crippen molar-refractivity contribution in [2.24, 2.45) is 0 Å². The highest BCUT2D eigenvalue weighted by Gasteiger charge is 2.16. The molecule has 2 aliphatic heterocycles. The van der Waals surface area contributed by atoms with Gasteiger partial charge in [0.15, 0.2) is 0 Å². The number of nitrogens with zero attached hydrogens (tertiary/aromatic N) is 1. The van der Waals surface area contributed by atoms with E-state index in [9.17, 15) is 0 Å². The van der Waals surface area contributed by atoms with Gasteiger partial charge < -0.3 is 15.6 Å². The predicted molar refractivity (Wildman–Crippen MR) is 95.4 cm³/mol. The van der Waals surface area contributed by atoms with Gasteiger partial charge in [-0.3, -0.25) is 4.90 Å². The second-order valence-corrected chi connectivity index (χ2v) is 6.08. The van der Waals surface area contributed by atoms with Gasteiger partial charge >= 0.3 is 0 Å². The van der Waals surface area contributed by atoms with Crippen molar-refractivity contribution in [2.75, 3.05) is 30.5 Å². The Hall–Kier alpha value is -2.24. The van der Waals surface area contributed by atoms with E-state index in [1.165, 1.54) is 23.1 Å². The minimum absolute atomic E-state index is 0. The SMILES string of the molecule is CCCN1CCOc2ccc(-c3ccc4c(c3)NNN4)cc2C1.[HH]. The van der Waals surface area contributed by atoms with Gasteiger partial charge in [0.05, 0.1) is 11.4 Å². The van der Waals surface area contributed by atoms with E-state index in [4.69, 9.17) is 4.74 Å². The van der Waals surface area contributed by atoms with E-state index < -0.39 is 0 Å². The Kier molecular flexibility index (Phi) is 3.81. The molecule has 0 saturated heterocycles. The van der Waals surface area contributed by atoms with Crippen LogP contribution in [0.25, 0.3) is 11.1 Å². The summed E-state index contributed by atoms with van der Waals surface area (Å²) >= 11 is 0. The van der Waals surface area contributed by atoms with Crippen molar-refractivity contribution in [2.45, 2.75) is 19.9 Å². The van der Waals surface area contributed by atoms with Crippen LogP contribution in [0.15, 0.2) is 36.4 Å². The third-order valence-corrected chi connectivity index (χ3v) is 4.41. The summed E-state index contributed by atoms with van der Waals surface area (Å²) in [5.74, 6) is 1.02. The van der Waals surface area contributed by atoms with Crippen LogP contribution in [0.4, 0.5) is 11.4 Å². The van der Waals surface area contributed by atoms with Gasteiger partial charge in [0, 0.05) is 20.1 Å². The molecule has 2 heterocycles. The Bertz CT molecular complexity index is 722. The Morgan fingerprint density at radius 3 is 2.83 bits per heavy atom. The van der Waals surface area contributed by atoms with Gasteiger partial charge in [-0.05, 0) is 48.4 Å². The lowest BCUT2D eigenvalue weighted by atomic mass is 10.0. The Balaban J connectivity index is 0.00000169. The molecule has 4 rings (SSSR count). The molecule has 2 aromatic rings. The molecule has 0 aromatic heterocycles. The molecule has 0 spiro atoms. The van der Waals surface area contributed by atoms with Crippen LogP contribution >= 0.6 is 0 Å². The zero-order valence-corrected chi connectivity index (χ0v) is 13.4. The number of anilines is 2. The van der Waals surface area contributed by atoms with E-state index >= 15 is 0 Å². The first-order chi connectivity index (χ1) is 11.3. The van der Waals surface area contributed by atoms with Crippen LogP contribution in [0.3, 0.4) is 0 Å². The van der Waals surface area contributed by atoms with Gasteiger partial charge in [-0.1, -0.05) is 19.1 Å². The van der Waals surface area contributed by atoms with Crippen LogP contribution in [-0.2, 0) is 6.54 Å². The van der Waals surface area contributed by atoms with Gasteiger partial charge in [-0.15, -0.1) is 5.53 Å². The van der Waals surface area contributed by atoms with Crippen LogP contribution in [0.5, 0.6) is 5.75 Å². The van der Waals surface area contributed by atoms with Crippen molar-refractivity contribution >= 4 is 11.4 Å². The van der Waals surface area contributed by atoms with E-state index in [-0.39, 0.29) is 1.43 Å². The fourth-order valence-corrected chi connectivity index (χ4v) is 3.24. The van der Waals surface area contributed by atoms with E-state index in [0.717, 1.165) is 43.4 Å². The van der Waals surface area contributed by atoms with Gasteiger partial charge in [0.25, 0.3) is 0 Å². The van der Waals surface area contributed by atoms with Crippen LogP contribution in [0, 0.1) is 0 Å². The highest BCUT2D eigenvalue weighted by Crippen LogP contribution is 2.33. The first-order valence-electron chi connectivity index (χ1n) is 8.23. The summed E-state index contributed by atoms with van der Waals surface area (Å²) in [5, 5.41) is 0. The molecule has 23 heavy (non-hydrogen) atoms. The molecule has 0 unspecified atom stereocenters. The van der Waals surface area contributed by atoms with Crippen LogP contribution in [0.2, 0.25) is 0 Å². The summed E-state index contributed by atoms with van der Waals surface area (Å²) in [7, 11) is 0. The lowest BCUT2D eigenvalue weighted by Crippen LogP contribution is -2.26. The summed E-state index contributed by atoms with van der Waals surface area (Å²) in [6, 6.07) is 12.9. The number of rotatable bonds is 3. The third kappa shape index (κ3) is 2.85. The number of benzene rings is 2. The summed E-state index contributed by atoms with van der Waals surface area (Å²) in [5.41, 5.74) is 14.9. The van der Waals surface area contributed by atoms with Crippen LogP contribution in [-0.4, -0.2) is 24.6 Å². The predicted octanol–water partition coefficient (Wildman–Crippen LogP) is 3.46. The van der Waals surface area contributed by atoms with Crippen molar-refractivity contribution in [3.63, 3.8) is 0 Å². The third-order valence-electron chi connectivity index (χ3n) is 4.41. The van der Waals surface area contributed by atoms with E-state index in [1.807, 2.05) is 0 Å². The summed E-state index contributed by atoms with van der Waals surface area (Å²) in [6.45, 7) is 6.07. The van der Waals surface area contributed by atoms with Gasteiger partial charge in [-0.2, -0.15) is 0 Å². The number of ether oxygens (including phenoxy) is 1. The number of nitrogens with one attached hydrogen (secondary N) is 3. The fourth-order valence-electron chi connectivity index (χ4n) is 3.24. The van der Waals surface area contributed by atoms with Crippen LogP contribution < -0.4 is 21.1 Å².